The Morgan fingerprint density at radius 3 is 2.05 bits per heavy atom. The molecule has 8 rings (SSSR count). The molecule has 0 saturated heterocycles. The molecule has 5 nitrogen and oxygen atoms in total. The van der Waals surface area contributed by atoms with Gasteiger partial charge in [-0.3, -0.25) is 9.20 Å². The molecule has 8 aromatic rings. The summed E-state index contributed by atoms with van der Waals surface area (Å²) >= 11 is 0. The van der Waals surface area contributed by atoms with E-state index < -0.39 is 0 Å². The van der Waals surface area contributed by atoms with Crippen LogP contribution in [0.25, 0.3) is 66.1 Å². The first-order valence-electron chi connectivity index (χ1n) is 12.6. The minimum absolute atomic E-state index is 0.236. The van der Waals surface area contributed by atoms with Crippen molar-refractivity contribution in [2.24, 2.45) is 0 Å². The third kappa shape index (κ3) is 2.96. The van der Waals surface area contributed by atoms with Gasteiger partial charge in [0.2, 0.25) is 0 Å². The van der Waals surface area contributed by atoms with Crippen LogP contribution >= 0.6 is 0 Å². The van der Waals surface area contributed by atoms with Crippen molar-refractivity contribution in [3.8, 4) is 16.8 Å². The Balaban J connectivity index is 1.35. The summed E-state index contributed by atoms with van der Waals surface area (Å²) in [6, 6.07) is 39.2. The standard InChI is InChI=1S/C33H20N4O/c38-33-27-19-22(14-16-29(27)36-20-34-28-12-6-4-11-25(28)32(36)35-33)21-15-17-31-26(18-21)24-10-5-7-13-30(24)37(31)23-8-2-1-3-9-23/h1-20H. The van der Waals surface area contributed by atoms with E-state index in [1.54, 1.807) is 6.33 Å². The molecule has 0 unspecified atom stereocenters. The van der Waals surface area contributed by atoms with E-state index in [-0.39, 0.29) is 5.56 Å². The molecule has 38 heavy (non-hydrogen) atoms. The fourth-order valence-corrected chi connectivity index (χ4v) is 5.63. The lowest BCUT2D eigenvalue weighted by molar-refractivity contribution is 1.09. The number of nitrogens with zero attached hydrogens (tertiary/aromatic N) is 4. The number of rotatable bonds is 2. The summed E-state index contributed by atoms with van der Waals surface area (Å²) in [6.45, 7) is 0. The Kier molecular flexibility index (Phi) is 4.31. The third-order valence-electron chi connectivity index (χ3n) is 7.40. The lowest BCUT2D eigenvalue weighted by Crippen LogP contribution is -2.11. The SMILES string of the molecule is O=c1nc2c3ccccc3ncn2c2ccc(-c3ccc4c(c3)c3ccccc3n4-c3ccccc3)cc12. The maximum absolute atomic E-state index is 13.2. The van der Waals surface area contributed by atoms with Gasteiger partial charge in [0.15, 0.2) is 5.65 Å². The molecule has 5 aromatic carbocycles. The number of benzene rings is 5. The normalized spacial score (nSPS) is 11.8. The van der Waals surface area contributed by atoms with Gasteiger partial charge in [-0.1, -0.05) is 60.7 Å². The first-order chi connectivity index (χ1) is 18.8. The maximum atomic E-state index is 13.2. The summed E-state index contributed by atoms with van der Waals surface area (Å²) in [7, 11) is 0. The van der Waals surface area contributed by atoms with Crippen LogP contribution in [0.5, 0.6) is 0 Å². The Morgan fingerprint density at radius 1 is 0.553 bits per heavy atom. The van der Waals surface area contributed by atoms with Crippen LogP contribution < -0.4 is 5.56 Å². The van der Waals surface area contributed by atoms with Gasteiger partial charge in [-0.25, -0.2) is 4.98 Å². The van der Waals surface area contributed by atoms with Crippen LogP contribution in [0.1, 0.15) is 0 Å². The van der Waals surface area contributed by atoms with E-state index in [9.17, 15) is 4.79 Å². The summed E-state index contributed by atoms with van der Waals surface area (Å²) < 4.78 is 4.20. The van der Waals surface area contributed by atoms with E-state index in [1.807, 2.05) is 46.9 Å². The van der Waals surface area contributed by atoms with E-state index in [0.29, 0.717) is 11.0 Å². The molecular formula is C33H20N4O. The van der Waals surface area contributed by atoms with Gasteiger partial charge in [-0.05, 0) is 65.7 Å². The molecule has 0 fully saturated rings. The fourth-order valence-electron chi connectivity index (χ4n) is 5.63. The molecule has 0 atom stereocenters. The van der Waals surface area contributed by atoms with Gasteiger partial charge in [0.05, 0.1) is 27.5 Å². The van der Waals surface area contributed by atoms with Gasteiger partial charge in [-0.15, -0.1) is 0 Å². The predicted octanol–water partition coefficient (Wildman–Crippen LogP) is 7.16. The largest absolute Gasteiger partial charge is 0.309 e. The average Bonchev–Trinajstić information content (AvgIpc) is 3.31. The monoisotopic (exact) mass is 488 g/mol. The number of hydrogen-bond donors (Lipinski definition) is 0. The van der Waals surface area contributed by atoms with E-state index in [2.05, 4.69) is 87.3 Å². The highest BCUT2D eigenvalue weighted by atomic mass is 16.1. The van der Waals surface area contributed by atoms with Crippen LogP contribution in [0.15, 0.2) is 126 Å². The highest BCUT2D eigenvalue weighted by molar-refractivity contribution is 6.10. The minimum atomic E-state index is -0.236. The molecule has 0 N–H and O–H groups in total. The summed E-state index contributed by atoms with van der Waals surface area (Å²) in [5.74, 6) is 0. The van der Waals surface area contributed by atoms with E-state index in [0.717, 1.165) is 44.3 Å². The van der Waals surface area contributed by atoms with Crippen molar-refractivity contribution in [1.29, 1.82) is 0 Å². The Morgan fingerprint density at radius 2 is 1.21 bits per heavy atom. The molecule has 3 aromatic heterocycles. The molecule has 0 aliphatic heterocycles. The second kappa shape index (κ2) is 7.85. The van der Waals surface area contributed by atoms with Crippen LogP contribution in [0.3, 0.4) is 0 Å². The second-order valence-electron chi connectivity index (χ2n) is 9.52. The summed E-state index contributed by atoms with van der Waals surface area (Å²) in [5.41, 5.74) is 7.47. The van der Waals surface area contributed by atoms with Crippen molar-refractivity contribution >= 4 is 49.3 Å². The van der Waals surface area contributed by atoms with Crippen molar-refractivity contribution in [2.45, 2.75) is 0 Å². The van der Waals surface area contributed by atoms with Crippen molar-refractivity contribution < 1.29 is 0 Å². The number of hydrogen-bond acceptors (Lipinski definition) is 3. The van der Waals surface area contributed by atoms with Gasteiger partial charge in [0, 0.05) is 21.8 Å². The highest BCUT2D eigenvalue weighted by Crippen LogP contribution is 2.35. The first-order valence-corrected chi connectivity index (χ1v) is 12.6. The number of fused-ring (bicyclic) bond motifs is 8. The van der Waals surface area contributed by atoms with E-state index in [1.165, 1.54) is 10.8 Å². The summed E-state index contributed by atoms with van der Waals surface area (Å²) in [4.78, 5) is 22.3. The second-order valence-corrected chi connectivity index (χ2v) is 9.52. The van der Waals surface area contributed by atoms with Gasteiger partial charge in [0.1, 0.15) is 6.33 Å². The van der Waals surface area contributed by atoms with Crippen LogP contribution in [0.4, 0.5) is 0 Å². The Labute approximate surface area is 216 Å². The predicted molar refractivity (Wildman–Crippen MR) is 154 cm³/mol. The molecule has 0 saturated carbocycles. The number of aromatic nitrogens is 4. The lowest BCUT2D eigenvalue weighted by Gasteiger charge is -2.10. The molecule has 3 heterocycles. The minimum Gasteiger partial charge on any atom is -0.309 e. The van der Waals surface area contributed by atoms with Gasteiger partial charge < -0.3 is 4.57 Å². The molecule has 0 bridgehead atoms. The molecule has 0 spiro atoms. The summed E-state index contributed by atoms with van der Waals surface area (Å²) in [6.07, 6.45) is 1.75. The average molecular weight is 489 g/mol. The Hall–Kier alpha value is -5.29. The van der Waals surface area contributed by atoms with E-state index in [4.69, 9.17) is 0 Å². The van der Waals surface area contributed by atoms with Crippen molar-refractivity contribution in [3.63, 3.8) is 0 Å². The molecule has 0 amide bonds. The Bertz CT molecular complexity index is 2260. The molecule has 0 radical (unpaired) electrons. The van der Waals surface area contributed by atoms with Crippen LogP contribution in [-0.4, -0.2) is 18.9 Å². The van der Waals surface area contributed by atoms with Crippen LogP contribution in [0.2, 0.25) is 0 Å². The maximum Gasteiger partial charge on any atom is 0.281 e. The fraction of sp³-hybridized carbons (Fsp3) is 0. The van der Waals surface area contributed by atoms with Crippen LogP contribution in [0, 0.1) is 0 Å². The lowest BCUT2D eigenvalue weighted by atomic mass is 10.0. The zero-order valence-corrected chi connectivity index (χ0v) is 20.2. The van der Waals surface area contributed by atoms with Crippen molar-refractivity contribution in [2.75, 3.05) is 0 Å². The third-order valence-corrected chi connectivity index (χ3v) is 7.40. The smallest absolute Gasteiger partial charge is 0.281 e. The van der Waals surface area contributed by atoms with Gasteiger partial charge in [-0.2, -0.15) is 4.98 Å². The van der Waals surface area contributed by atoms with Crippen molar-refractivity contribution in [1.82, 2.24) is 18.9 Å². The van der Waals surface area contributed by atoms with E-state index >= 15 is 0 Å². The van der Waals surface area contributed by atoms with Gasteiger partial charge in [0.25, 0.3) is 5.56 Å². The quantitative estimate of drug-likeness (QED) is 0.243. The molecule has 178 valence electrons. The zero-order valence-electron chi connectivity index (χ0n) is 20.2. The number of para-hydroxylation sites is 3. The molecule has 5 heteroatoms. The van der Waals surface area contributed by atoms with Gasteiger partial charge >= 0.3 is 0 Å². The summed E-state index contributed by atoms with van der Waals surface area (Å²) in [5, 5.41) is 3.80. The van der Waals surface area contributed by atoms with Crippen molar-refractivity contribution in [3.05, 3.63) is 132 Å². The van der Waals surface area contributed by atoms with Crippen LogP contribution in [-0.2, 0) is 0 Å². The molecule has 0 aliphatic rings. The topological polar surface area (TPSA) is 52.2 Å². The highest BCUT2D eigenvalue weighted by Gasteiger charge is 2.14. The molecule has 0 aliphatic carbocycles. The first kappa shape index (κ1) is 20.9. The molecular weight excluding hydrogens is 468 g/mol. The zero-order chi connectivity index (χ0) is 25.2.